The summed E-state index contributed by atoms with van der Waals surface area (Å²) >= 11 is 0. The number of rotatable bonds is 8. The van der Waals surface area contributed by atoms with Crippen molar-refractivity contribution in [2.24, 2.45) is 5.10 Å². The van der Waals surface area contributed by atoms with Crippen molar-refractivity contribution in [1.29, 1.82) is 0 Å². The Balaban J connectivity index is 1.96. The van der Waals surface area contributed by atoms with Crippen molar-refractivity contribution < 1.29 is 27.5 Å². The number of aliphatic carboxylic acids is 1. The van der Waals surface area contributed by atoms with Gasteiger partial charge >= 0.3 is 5.97 Å². The Morgan fingerprint density at radius 3 is 2.52 bits per heavy atom. The molecule has 3 rings (SSSR count). The van der Waals surface area contributed by atoms with Crippen LogP contribution in [0.2, 0.25) is 0 Å². The van der Waals surface area contributed by atoms with Gasteiger partial charge in [-0.15, -0.1) is 0 Å². The molecule has 2 aromatic carbocycles. The maximum atomic E-state index is 14.5. The standard InChI is InChI=1S/C21H22FN3O5S/c1-31(29,30)24-17-10-5-3-8-15(17)18-13-19(14-7-2-4-9-16(14)22)25(23-18)20(26)11-6-12-21(27)28/h2-5,7-10,19,24H,6,11-13H2,1H3,(H,27,28)/t19-/m1/s1. The molecule has 2 aromatic rings. The largest absolute Gasteiger partial charge is 0.481 e. The number of carboxylic acid groups (broad SMARTS) is 1. The van der Waals surface area contributed by atoms with Gasteiger partial charge in [-0.25, -0.2) is 17.8 Å². The molecule has 0 saturated carbocycles. The van der Waals surface area contributed by atoms with Gasteiger partial charge in [-0.2, -0.15) is 5.10 Å². The first-order valence-corrected chi connectivity index (χ1v) is 11.5. The zero-order chi connectivity index (χ0) is 22.6. The predicted molar refractivity (Wildman–Crippen MR) is 114 cm³/mol. The fourth-order valence-corrected chi connectivity index (χ4v) is 4.00. The van der Waals surface area contributed by atoms with Gasteiger partial charge in [0.15, 0.2) is 0 Å². The van der Waals surface area contributed by atoms with E-state index in [1.54, 1.807) is 42.5 Å². The number of sulfonamides is 1. The van der Waals surface area contributed by atoms with Crippen LogP contribution >= 0.6 is 0 Å². The maximum Gasteiger partial charge on any atom is 0.303 e. The molecule has 2 N–H and O–H groups in total. The average molecular weight is 447 g/mol. The Labute approximate surface area is 179 Å². The van der Waals surface area contributed by atoms with Crippen molar-refractivity contribution in [2.45, 2.75) is 31.7 Å². The third-order valence-corrected chi connectivity index (χ3v) is 5.34. The monoisotopic (exact) mass is 447 g/mol. The smallest absolute Gasteiger partial charge is 0.303 e. The van der Waals surface area contributed by atoms with E-state index < -0.39 is 33.8 Å². The minimum atomic E-state index is -3.55. The molecule has 0 saturated heterocycles. The molecule has 1 atom stereocenters. The van der Waals surface area contributed by atoms with Crippen LogP contribution in [0.25, 0.3) is 0 Å². The number of nitrogens with zero attached hydrogens (tertiary/aromatic N) is 2. The van der Waals surface area contributed by atoms with E-state index in [1.807, 2.05) is 0 Å². The van der Waals surface area contributed by atoms with Gasteiger partial charge < -0.3 is 5.11 Å². The van der Waals surface area contributed by atoms with E-state index in [1.165, 1.54) is 11.1 Å². The average Bonchev–Trinajstić information content (AvgIpc) is 3.12. The Hall–Kier alpha value is -3.27. The molecule has 0 bridgehead atoms. The van der Waals surface area contributed by atoms with Crippen LogP contribution in [0.5, 0.6) is 0 Å². The first-order valence-electron chi connectivity index (χ1n) is 9.58. The minimum absolute atomic E-state index is 0.0583. The first kappa shape index (κ1) is 22.4. The molecular formula is C21H22FN3O5S. The van der Waals surface area contributed by atoms with E-state index in [-0.39, 0.29) is 31.2 Å². The number of nitrogens with one attached hydrogen (secondary N) is 1. The molecule has 1 aliphatic rings. The summed E-state index contributed by atoms with van der Waals surface area (Å²) in [5.74, 6) is -1.93. The van der Waals surface area contributed by atoms with Crippen LogP contribution in [0.3, 0.4) is 0 Å². The summed E-state index contributed by atoms with van der Waals surface area (Å²) < 4.78 is 40.4. The number of halogens is 1. The van der Waals surface area contributed by atoms with Crippen LogP contribution in [-0.4, -0.2) is 42.4 Å². The van der Waals surface area contributed by atoms with E-state index in [4.69, 9.17) is 5.11 Å². The van der Waals surface area contributed by atoms with Crippen molar-refractivity contribution in [3.63, 3.8) is 0 Å². The number of anilines is 1. The molecule has 164 valence electrons. The molecule has 1 amide bonds. The van der Waals surface area contributed by atoms with E-state index in [0.29, 0.717) is 17.0 Å². The Bertz CT molecular complexity index is 1130. The molecule has 0 unspecified atom stereocenters. The molecule has 1 aliphatic heterocycles. The highest BCUT2D eigenvalue weighted by molar-refractivity contribution is 7.92. The highest BCUT2D eigenvalue weighted by atomic mass is 32.2. The van der Waals surface area contributed by atoms with Gasteiger partial charge in [-0.05, 0) is 18.6 Å². The number of carboxylic acids is 1. The van der Waals surface area contributed by atoms with Crippen molar-refractivity contribution in [1.82, 2.24) is 5.01 Å². The molecule has 31 heavy (non-hydrogen) atoms. The fraction of sp³-hybridized carbons (Fsp3) is 0.286. The number of carbonyl (C=O) groups is 2. The third kappa shape index (κ3) is 5.66. The number of hydrazone groups is 1. The summed E-state index contributed by atoms with van der Waals surface area (Å²) in [6, 6.07) is 12.0. The van der Waals surface area contributed by atoms with Gasteiger partial charge in [-0.3, -0.25) is 14.3 Å². The van der Waals surface area contributed by atoms with Crippen molar-refractivity contribution >= 4 is 33.3 Å². The van der Waals surface area contributed by atoms with Crippen molar-refractivity contribution in [3.05, 3.63) is 65.5 Å². The number of carbonyl (C=O) groups excluding carboxylic acids is 1. The maximum absolute atomic E-state index is 14.5. The molecular weight excluding hydrogens is 425 g/mol. The second-order valence-electron chi connectivity index (χ2n) is 7.19. The zero-order valence-corrected chi connectivity index (χ0v) is 17.6. The Kier molecular flexibility index (Phi) is 6.69. The summed E-state index contributed by atoms with van der Waals surface area (Å²) in [6.07, 6.45) is 1.11. The summed E-state index contributed by atoms with van der Waals surface area (Å²) in [7, 11) is -3.55. The molecule has 0 aromatic heterocycles. The molecule has 8 nitrogen and oxygen atoms in total. The third-order valence-electron chi connectivity index (χ3n) is 4.74. The first-order chi connectivity index (χ1) is 14.7. The number of para-hydroxylation sites is 1. The Morgan fingerprint density at radius 1 is 1.16 bits per heavy atom. The molecule has 0 radical (unpaired) electrons. The van der Waals surface area contributed by atoms with Crippen LogP contribution in [0.4, 0.5) is 10.1 Å². The topological polar surface area (TPSA) is 116 Å². The van der Waals surface area contributed by atoms with E-state index >= 15 is 0 Å². The second-order valence-corrected chi connectivity index (χ2v) is 8.94. The number of amides is 1. The number of hydrogen-bond acceptors (Lipinski definition) is 5. The van der Waals surface area contributed by atoms with Gasteiger partial charge in [-0.1, -0.05) is 36.4 Å². The van der Waals surface area contributed by atoms with Crippen LogP contribution in [0.15, 0.2) is 53.6 Å². The Morgan fingerprint density at radius 2 is 1.84 bits per heavy atom. The molecule has 1 heterocycles. The molecule has 0 aliphatic carbocycles. The van der Waals surface area contributed by atoms with Crippen LogP contribution in [-0.2, 0) is 19.6 Å². The summed E-state index contributed by atoms with van der Waals surface area (Å²) in [5.41, 5.74) is 1.49. The highest BCUT2D eigenvalue weighted by Crippen LogP contribution is 2.36. The highest BCUT2D eigenvalue weighted by Gasteiger charge is 2.35. The van der Waals surface area contributed by atoms with Gasteiger partial charge in [0.1, 0.15) is 5.82 Å². The quantitative estimate of drug-likeness (QED) is 0.645. The lowest BCUT2D eigenvalue weighted by Crippen LogP contribution is -2.27. The molecule has 0 fully saturated rings. The lowest BCUT2D eigenvalue weighted by molar-refractivity contribution is -0.137. The lowest BCUT2D eigenvalue weighted by atomic mass is 9.97. The van der Waals surface area contributed by atoms with Gasteiger partial charge in [0, 0.05) is 30.4 Å². The summed E-state index contributed by atoms with van der Waals surface area (Å²) in [4.78, 5) is 23.6. The summed E-state index contributed by atoms with van der Waals surface area (Å²) in [6.45, 7) is 0. The number of hydrogen-bond donors (Lipinski definition) is 2. The van der Waals surface area contributed by atoms with Crippen LogP contribution in [0, 0.1) is 5.82 Å². The van der Waals surface area contributed by atoms with Gasteiger partial charge in [0.25, 0.3) is 0 Å². The minimum Gasteiger partial charge on any atom is -0.481 e. The SMILES string of the molecule is CS(=O)(=O)Nc1ccccc1C1=NN(C(=O)CCCC(=O)O)[C@@H](c2ccccc2F)C1. The fourth-order valence-electron chi connectivity index (χ4n) is 3.42. The van der Waals surface area contributed by atoms with Gasteiger partial charge in [0.2, 0.25) is 15.9 Å². The van der Waals surface area contributed by atoms with Crippen molar-refractivity contribution in [2.75, 3.05) is 11.0 Å². The predicted octanol–water partition coefficient (Wildman–Crippen LogP) is 3.13. The normalized spacial score (nSPS) is 16.1. The number of benzene rings is 2. The van der Waals surface area contributed by atoms with E-state index in [9.17, 15) is 22.4 Å². The summed E-state index contributed by atoms with van der Waals surface area (Å²) in [5, 5.41) is 14.4. The zero-order valence-electron chi connectivity index (χ0n) is 16.8. The van der Waals surface area contributed by atoms with Crippen LogP contribution < -0.4 is 4.72 Å². The van der Waals surface area contributed by atoms with Crippen LogP contribution in [0.1, 0.15) is 42.9 Å². The molecule has 0 spiro atoms. The van der Waals surface area contributed by atoms with E-state index in [2.05, 4.69) is 9.82 Å². The van der Waals surface area contributed by atoms with Gasteiger partial charge in [0.05, 0.1) is 23.7 Å². The van der Waals surface area contributed by atoms with E-state index in [0.717, 1.165) is 6.26 Å². The second kappa shape index (κ2) is 9.25. The van der Waals surface area contributed by atoms with Crippen molar-refractivity contribution in [3.8, 4) is 0 Å². The molecule has 10 heteroatoms. The lowest BCUT2D eigenvalue weighted by Gasteiger charge is -2.22.